The standard InChI is InChI=1S/C52H42N2/c1-5-7-15-36(6-2)37-22-27-41(28-23-37)53(43-31-32-49-46(35-43)44-18-11-13-20-48(44)52(49,3)4)42-29-24-38(25-30-42)39-26-33-51-47(34-39)45-19-12-14-21-50(45)54(51)40-16-9-8-10-17-40/h5-35H,2H2,1,3-4H3/b7-5-,36-15+. The zero-order valence-electron chi connectivity index (χ0n) is 31.0. The smallest absolute Gasteiger partial charge is 0.0541 e. The van der Waals surface area contributed by atoms with E-state index < -0.39 is 0 Å². The van der Waals surface area contributed by atoms with Gasteiger partial charge in [-0.2, -0.15) is 0 Å². The number of allylic oxidation sites excluding steroid dienone is 5. The van der Waals surface area contributed by atoms with Gasteiger partial charge in [0.25, 0.3) is 0 Å². The minimum Gasteiger partial charge on any atom is -0.310 e. The summed E-state index contributed by atoms with van der Waals surface area (Å²) in [6.45, 7) is 10.8. The largest absolute Gasteiger partial charge is 0.310 e. The first-order chi connectivity index (χ1) is 26.5. The molecule has 54 heavy (non-hydrogen) atoms. The summed E-state index contributed by atoms with van der Waals surface area (Å²) in [5.74, 6) is 0. The lowest BCUT2D eigenvalue weighted by Gasteiger charge is -2.27. The highest BCUT2D eigenvalue weighted by molar-refractivity contribution is 6.10. The van der Waals surface area contributed by atoms with E-state index in [9.17, 15) is 0 Å². The number of hydrogen-bond acceptors (Lipinski definition) is 1. The van der Waals surface area contributed by atoms with Gasteiger partial charge in [-0.15, -0.1) is 0 Å². The Morgan fingerprint density at radius 2 is 1.20 bits per heavy atom. The molecule has 1 aromatic heterocycles. The first-order valence-electron chi connectivity index (χ1n) is 18.8. The van der Waals surface area contributed by atoms with Crippen molar-refractivity contribution in [3.8, 4) is 27.9 Å². The van der Waals surface area contributed by atoms with Crippen molar-refractivity contribution >= 4 is 44.4 Å². The lowest BCUT2D eigenvalue weighted by Crippen LogP contribution is -2.15. The average Bonchev–Trinajstić information content (AvgIpc) is 3.67. The number of aromatic nitrogens is 1. The van der Waals surface area contributed by atoms with Crippen molar-refractivity contribution in [2.45, 2.75) is 26.2 Å². The van der Waals surface area contributed by atoms with Gasteiger partial charge in [0.15, 0.2) is 0 Å². The van der Waals surface area contributed by atoms with Crippen molar-refractivity contribution in [1.82, 2.24) is 4.57 Å². The molecule has 0 atom stereocenters. The van der Waals surface area contributed by atoms with Gasteiger partial charge in [-0.1, -0.05) is 142 Å². The Kier molecular flexibility index (Phi) is 8.24. The van der Waals surface area contributed by atoms with E-state index in [1.54, 1.807) is 0 Å². The van der Waals surface area contributed by atoms with Crippen LogP contribution in [0.3, 0.4) is 0 Å². The van der Waals surface area contributed by atoms with Crippen LogP contribution in [0.5, 0.6) is 0 Å². The fourth-order valence-corrected chi connectivity index (χ4v) is 8.39. The minimum atomic E-state index is -0.0482. The van der Waals surface area contributed by atoms with Gasteiger partial charge in [0.05, 0.1) is 11.0 Å². The number of hydrogen-bond donors (Lipinski definition) is 0. The van der Waals surface area contributed by atoms with Crippen LogP contribution in [0.15, 0.2) is 195 Å². The second-order valence-electron chi connectivity index (χ2n) is 14.6. The summed E-state index contributed by atoms with van der Waals surface area (Å²) in [6.07, 6.45) is 8.12. The molecule has 2 heteroatoms. The second-order valence-corrected chi connectivity index (χ2v) is 14.6. The van der Waals surface area contributed by atoms with Gasteiger partial charge in [-0.05, 0) is 118 Å². The van der Waals surface area contributed by atoms with Gasteiger partial charge >= 0.3 is 0 Å². The van der Waals surface area contributed by atoms with Gasteiger partial charge < -0.3 is 9.47 Å². The van der Waals surface area contributed by atoms with E-state index in [0.29, 0.717) is 0 Å². The number of benzene rings is 7. The quantitative estimate of drug-likeness (QED) is 0.144. The van der Waals surface area contributed by atoms with Crippen LogP contribution in [0.4, 0.5) is 17.1 Å². The fraction of sp³-hybridized carbons (Fsp3) is 0.0769. The maximum absolute atomic E-state index is 4.07. The summed E-state index contributed by atoms with van der Waals surface area (Å²) in [7, 11) is 0. The maximum Gasteiger partial charge on any atom is 0.0541 e. The molecule has 0 bridgehead atoms. The van der Waals surface area contributed by atoms with Crippen molar-refractivity contribution in [2.24, 2.45) is 0 Å². The molecule has 1 aliphatic rings. The Bertz CT molecular complexity index is 2740. The van der Waals surface area contributed by atoms with Crippen LogP contribution in [0.2, 0.25) is 0 Å². The Hall–Kier alpha value is -6.64. The van der Waals surface area contributed by atoms with Gasteiger partial charge in [-0.3, -0.25) is 0 Å². The molecule has 0 amide bonds. The highest BCUT2D eigenvalue weighted by Gasteiger charge is 2.35. The van der Waals surface area contributed by atoms with Crippen LogP contribution >= 0.6 is 0 Å². The SMILES string of the molecule is C=C/C(=C\C=C/C)c1ccc(N(c2ccc(-c3ccc4c(c3)c3ccccc3n4-c3ccccc3)cc2)c2ccc3c(c2)-c2ccccc2C3(C)C)cc1. The van der Waals surface area contributed by atoms with Crippen LogP contribution in [0.1, 0.15) is 37.5 Å². The summed E-state index contributed by atoms with van der Waals surface area (Å²) in [6, 6.07) is 59.9. The van der Waals surface area contributed by atoms with Crippen LogP contribution in [-0.4, -0.2) is 4.57 Å². The first-order valence-corrected chi connectivity index (χ1v) is 18.8. The van der Waals surface area contributed by atoms with E-state index in [4.69, 9.17) is 0 Å². The molecule has 1 heterocycles. The monoisotopic (exact) mass is 694 g/mol. The third-order valence-corrected chi connectivity index (χ3v) is 11.1. The molecule has 7 aromatic carbocycles. The normalized spacial score (nSPS) is 13.4. The highest BCUT2D eigenvalue weighted by Crippen LogP contribution is 2.50. The molecule has 0 fully saturated rings. The number of nitrogens with zero attached hydrogens (tertiary/aromatic N) is 2. The highest BCUT2D eigenvalue weighted by atomic mass is 15.1. The Balaban J connectivity index is 1.14. The van der Waals surface area contributed by atoms with E-state index >= 15 is 0 Å². The molecule has 1 aliphatic carbocycles. The van der Waals surface area contributed by atoms with E-state index in [0.717, 1.165) is 28.2 Å². The van der Waals surface area contributed by atoms with Crippen molar-refractivity contribution in [3.63, 3.8) is 0 Å². The molecule has 2 nitrogen and oxygen atoms in total. The van der Waals surface area contributed by atoms with Crippen LogP contribution < -0.4 is 4.90 Å². The zero-order chi connectivity index (χ0) is 36.8. The van der Waals surface area contributed by atoms with Gasteiger partial charge in [0.1, 0.15) is 0 Å². The summed E-state index contributed by atoms with van der Waals surface area (Å²) in [4.78, 5) is 2.38. The third-order valence-electron chi connectivity index (χ3n) is 11.1. The van der Waals surface area contributed by atoms with Crippen LogP contribution in [0.25, 0.3) is 55.3 Å². The zero-order valence-corrected chi connectivity index (χ0v) is 31.0. The van der Waals surface area contributed by atoms with E-state index in [1.807, 2.05) is 19.1 Å². The number of fused-ring (bicyclic) bond motifs is 6. The van der Waals surface area contributed by atoms with Crippen LogP contribution in [-0.2, 0) is 5.41 Å². The summed E-state index contributed by atoms with van der Waals surface area (Å²) < 4.78 is 2.37. The predicted molar refractivity (Wildman–Crippen MR) is 231 cm³/mol. The molecule has 0 radical (unpaired) electrons. The van der Waals surface area contributed by atoms with E-state index in [1.165, 1.54) is 60.9 Å². The molecular formula is C52H42N2. The summed E-state index contributed by atoms with van der Waals surface area (Å²) >= 11 is 0. The lowest BCUT2D eigenvalue weighted by atomic mass is 9.82. The van der Waals surface area contributed by atoms with Crippen molar-refractivity contribution in [1.29, 1.82) is 0 Å². The molecule has 0 saturated carbocycles. The van der Waals surface area contributed by atoms with Gasteiger partial charge in [0, 0.05) is 38.9 Å². The number of rotatable bonds is 8. The third kappa shape index (κ3) is 5.50. The minimum absolute atomic E-state index is 0.0482. The molecular weight excluding hydrogens is 653 g/mol. The second kappa shape index (κ2) is 13.4. The van der Waals surface area contributed by atoms with E-state index in [-0.39, 0.29) is 5.41 Å². The van der Waals surface area contributed by atoms with Crippen molar-refractivity contribution in [2.75, 3.05) is 4.90 Å². The fourth-order valence-electron chi connectivity index (χ4n) is 8.39. The predicted octanol–water partition coefficient (Wildman–Crippen LogP) is 14.4. The molecule has 0 aliphatic heterocycles. The molecule has 0 saturated heterocycles. The maximum atomic E-state index is 4.07. The Labute approximate surface area is 318 Å². The van der Waals surface area contributed by atoms with Crippen molar-refractivity contribution in [3.05, 3.63) is 211 Å². The first kappa shape index (κ1) is 33.2. The van der Waals surface area contributed by atoms with E-state index in [2.05, 4.69) is 206 Å². The number of para-hydroxylation sites is 2. The van der Waals surface area contributed by atoms with Crippen molar-refractivity contribution < 1.29 is 0 Å². The summed E-state index contributed by atoms with van der Waals surface area (Å²) in [5, 5.41) is 2.51. The molecule has 8 aromatic rings. The summed E-state index contributed by atoms with van der Waals surface area (Å²) in [5.41, 5.74) is 16.9. The topological polar surface area (TPSA) is 8.17 Å². The lowest BCUT2D eigenvalue weighted by molar-refractivity contribution is 0.660. The molecule has 0 unspecified atom stereocenters. The van der Waals surface area contributed by atoms with Gasteiger partial charge in [-0.25, -0.2) is 0 Å². The molecule has 0 N–H and O–H groups in total. The Morgan fingerprint density at radius 3 is 1.96 bits per heavy atom. The van der Waals surface area contributed by atoms with Gasteiger partial charge in [0.2, 0.25) is 0 Å². The average molecular weight is 695 g/mol. The molecule has 9 rings (SSSR count). The Morgan fingerprint density at radius 1 is 0.574 bits per heavy atom. The number of anilines is 3. The molecule has 260 valence electrons. The van der Waals surface area contributed by atoms with Crippen LogP contribution in [0, 0.1) is 0 Å². The molecule has 0 spiro atoms.